The Morgan fingerprint density at radius 2 is 1.89 bits per heavy atom. The van der Waals surface area contributed by atoms with Gasteiger partial charge in [-0.15, -0.1) is 0 Å². The topological polar surface area (TPSA) is 66.6 Å². The monoisotopic (exact) mass is 258 g/mol. The van der Waals surface area contributed by atoms with Crippen molar-refractivity contribution in [1.82, 2.24) is 4.90 Å². The number of hydrogen-bond acceptors (Lipinski definition) is 3. The van der Waals surface area contributed by atoms with Crippen molar-refractivity contribution in [2.75, 3.05) is 19.7 Å². The summed E-state index contributed by atoms with van der Waals surface area (Å²) in [7, 11) is 0. The summed E-state index contributed by atoms with van der Waals surface area (Å²) in [6, 6.07) is -0.428. The fourth-order valence-electron chi connectivity index (χ4n) is 2.03. The van der Waals surface area contributed by atoms with Gasteiger partial charge in [-0.1, -0.05) is 40.0 Å². The number of hydrogen-bond donors (Lipinski definition) is 2. The molecule has 0 spiro atoms. The van der Waals surface area contributed by atoms with Crippen LogP contribution in [0.25, 0.3) is 0 Å². The lowest BCUT2D eigenvalue weighted by Gasteiger charge is -2.25. The summed E-state index contributed by atoms with van der Waals surface area (Å²) in [5, 5.41) is 9.02. The molecule has 0 saturated carbocycles. The highest BCUT2D eigenvalue weighted by Gasteiger charge is 2.20. The van der Waals surface area contributed by atoms with Crippen LogP contribution in [-0.4, -0.2) is 41.7 Å². The Labute approximate surface area is 112 Å². The predicted molar refractivity (Wildman–Crippen MR) is 75.2 cm³/mol. The van der Waals surface area contributed by atoms with Gasteiger partial charge in [0.25, 0.3) is 0 Å². The number of carbonyl (C=O) groups excluding carboxylic acids is 1. The van der Waals surface area contributed by atoms with E-state index in [2.05, 4.69) is 20.8 Å². The Balaban J connectivity index is 4.16. The van der Waals surface area contributed by atoms with Crippen LogP contribution >= 0.6 is 0 Å². The molecule has 0 aromatic carbocycles. The maximum Gasteiger partial charge on any atom is 0.239 e. The minimum atomic E-state index is -0.428. The smallest absolute Gasteiger partial charge is 0.239 e. The first-order chi connectivity index (χ1) is 8.52. The van der Waals surface area contributed by atoms with Crippen molar-refractivity contribution in [3.05, 3.63) is 0 Å². The van der Waals surface area contributed by atoms with Crippen LogP contribution in [-0.2, 0) is 4.79 Å². The fraction of sp³-hybridized carbons (Fsp3) is 0.929. The number of aliphatic hydroxyl groups is 1. The minimum Gasteiger partial charge on any atom is -0.395 e. The molecule has 0 bridgehead atoms. The molecule has 0 rings (SSSR count). The molecule has 0 aromatic rings. The summed E-state index contributed by atoms with van der Waals surface area (Å²) in [5.74, 6) is 0.397. The fourth-order valence-corrected chi connectivity index (χ4v) is 2.03. The van der Waals surface area contributed by atoms with Crippen LogP contribution < -0.4 is 5.73 Å². The van der Waals surface area contributed by atoms with E-state index in [1.54, 1.807) is 4.90 Å². The molecule has 0 heterocycles. The molecular formula is C14H30N2O2. The molecule has 0 saturated heterocycles. The second-order valence-electron chi connectivity index (χ2n) is 5.35. The van der Waals surface area contributed by atoms with Gasteiger partial charge in [0.05, 0.1) is 12.6 Å². The molecule has 4 heteroatoms. The number of unbranched alkanes of at least 4 members (excludes halogenated alkanes) is 3. The summed E-state index contributed by atoms with van der Waals surface area (Å²) in [5.41, 5.74) is 5.91. The molecule has 0 aliphatic rings. The van der Waals surface area contributed by atoms with E-state index in [0.717, 1.165) is 12.8 Å². The second-order valence-corrected chi connectivity index (χ2v) is 5.35. The van der Waals surface area contributed by atoms with E-state index in [0.29, 0.717) is 25.4 Å². The van der Waals surface area contributed by atoms with E-state index in [1.807, 2.05) is 0 Å². The standard InChI is InChI=1S/C14H30N2O2/c1-4-5-6-7-8-16(9-10-17)14(18)13(15)11-12(2)3/h12-13,17H,4-11,15H2,1-3H3/t13-/m0/s1. The predicted octanol–water partition coefficient (Wildman–Crippen LogP) is 1.76. The van der Waals surface area contributed by atoms with E-state index in [4.69, 9.17) is 10.8 Å². The highest BCUT2D eigenvalue weighted by Crippen LogP contribution is 2.08. The van der Waals surface area contributed by atoms with E-state index in [-0.39, 0.29) is 12.5 Å². The molecule has 4 nitrogen and oxygen atoms in total. The minimum absolute atomic E-state index is 0.00785. The van der Waals surface area contributed by atoms with Crippen LogP contribution in [0.2, 0.25) is 0 Å². The number of amides is 1. The first-order valence-corrected chi connectivity index (χ1v) is 7.18. The summed E-state index contributed by atoms with van der Waals surface area (Å²) in [6.07, 6.45) is 5.20. The zero-order chi connectivity index (χ0) is 14.0. The second kappa shape index (κ2) is 10.3. The molecular weight excluding hydrogens is 228 g/mol. The molecule has 0 aromatic heterocycles. The average Bonchev–Trinajstić information content (AvgIpc) is 2.31. The van der Waals surface area contributed by atoms with Crippen LogP contribution in [0.15, 0.2) is 0 Å². The lowest BCUT2D eigenvalue weighted by molar-refractivity contribution is -0.133. The molecule has 18 heavy (non-hydrogen) atoms. The number of nitrogens with zero attached hydrogens (tertiary/aromatic N) is 1. The third-order valence-electron chi connectivity index (χ3n) is 3.01. The first-order valence-electron chi connectivity index (χ1n) is 7.18. The summed E-state index contributed by atoms with van der Waals surface area (Å²) in [6.45, 7) is 7.40. The maximum atomic E-state index is 12.1. The highest BCUT2D eigenvalue weighted by atomic mass is 16.3. The van der Waals surface area contributed by atoms with Gasteiger partial charge in [-0.25, -0.2) is 0 Å². The number of nitrogens with two attached hydrogens (primary N) is 1. The Bertz CT molecular complexity index is 220. The molecule has 1 atom stereocenters. The van der Waals surface area contributed by atoms with Gasteiger partial charge in [0, 0.05) is 13.1 Å². The summed E-state index contributed by atoms with van der Waals surface area (Å²) in [4.78, 5) is 13.8. The first kappa shape index (κ1) is 17.4. The van der Waals surface area contributed by atoms with Crippen LogP contribution in [0.1, 0.15) is 52.9 Å². The summed E-state index contributed by atoms with van der Waals surface area (Å²) >= 11 is 0. The van der Waals surface area contributed by atoms with Gasteiger partial charge >= 0.3 is 0 Å². The van der Waals surface area contributed by atoms with Crippen LogP contribution in [0.5, 0.6) is 0 Å². The molecule has 0 fully saturated rings. The van der Waals surface area contributed by atoms with Gasteiger partial charge in [0.2, 0.25) is 5.91 Å². The molecule has 0 radical (unpaired) electrons. The third-order valence-corrected chi connectivity index (χ3v) is 3.01. The van der Waals surface area contributed by atoms with Gasteiger partial charge in [0.1, 0.15) is 0 Å². The van der Waals surface area contributed by atoms with E-state index in [1.165, 1.54) is 12.8 Å². The van der Waals surface area contributed by atoms with Gasteiger partial charge in [-0.05, 0) is 18.8 Å². The zero-order valence-electron chi connectivity index (χ0n) is 12.2. The van der Waals surface area contributed by atoms with Crippen LogP contribution in [0.3, 0.4) is 0 Å². The van der Waals surface area contributed by atoms with Crippen LogP contribution in [0.4, 0.5) is 0 Å². The van der Waals surface area contributed by atoms with E-state index < -0.39 is 6.04 Å². The maximum absolute atomic E-state index is 12.1. The number of carbonyl (C=O) groups is 1. The number of aliphatic hydroxyl groups excluding tert-OH is 1. The molecule has 0 aliphatic carbocycles. The van der Waals surface area contributed by atoms with E-state index in [9.17, 15) is 4.79 Å². The van der Waals surface area contributed by atoms with Crippen molar-refractivity contribution in [2.24, 2.45) is 11.7 Å². The van der Waals surface area contributed by atoms with Crippen molar-refractivity contribution in [1.29, 1.82) is 0 Å². The Morgan fingerprint density at radius 3 is 2.39 bits per heavy atom. The van der Waals surface area contributed by atoms with Crippen molar-refractivity contribution >= 4 is 5.91 Å². The SMILES string of the molecule is CCCCCCN(CCO)C(=O)[C@@H](N)CC(C)C. The normalized spacial score (nSPS) is 12.8. The van der Waals surface area contributed by atoms with Crippen molar-refractivity contribution in [3.8, 4) is 0 Å². The van der Waals surface area contributed by atoms with Gasteiger partial charge in [-0.2, -0.15) is 0 Å². The average molecular weight is 258 g/mol. The van der Waals surface area contributed by atoms with Gasteiger partial charge < -0.3 is 15.7 Å². The molecule has 1 amide bonds. The Morgan fingerprint density at radius 1 is 1.22 bits per heavy atom. The van der Waals surface area contributed by atoms with Gasteiger partial charge in [-0.3, -0.25) is 4.79 Å². The quantitative estimate of drug-likeness (QED) is 0.587. The Kier molecular flexibility index (Phi) is 9.98. The largest absolute Gasteiger partial charge is 0.395 e. The lowest BCUT2D eigenvalue weighted by Crippen LogP contribution is -2.45. The van der Waals surface area contributed by atoms with Crippen molar-refractivity contribution in [2.45, 2.75) is 58.9 Å². The van der Waals surface area contributed by atoms with Crippen LogP contribution in [0, 0.1) is 5.92 Å². The van der Waals surface area contributed by atoms with Crippen molar-refractivity contribution in [3.63, 3.8) is 0 Å². The lowest BCUT2D eigenvalue weighted by atomic mass is 10.0. The molecule has 108 valence electrons. The van der Waals surface area contributed by atoms with Gasteiger partial charge in [0.15, 0.2) is 0 Å². The summed E-state index contributed by atoms with van der Waals surface area (Å²) < 4.78 is 0. The molecule has 3 N–H and O–H groups in total. The zero-order valence-corrected chi connectivity index (χ0v) is 12.2. The van der Waals surface area contributed by atoms with E-state index >= 15 is 0 Å². The molecule has 0 aliphatic heterocycles. The Hall–Kier alpha value is -0.610. The number of rotatable bonds is 10. The molecule has 0 unspecified atom stereocenters. The van der Waals surface area contributed by atoms with Crippen molar-refractivity contribution < 1.29 is 9.90 Å². The third kappa shape index (κ3) is 7.67. The highest BCUT2D eigenvalue weighted by molar-refractivity contribution is 5.81.